The number of hydrogen-bond acceptors (Lipinski definition) is 2. The summed E-state index contributed by atoms with van der Waals surface area (Å²) in [7, 11) is 0. The summed E-state index contributed by atoms with van der Waals surface area (Å²) in [4.78, 5) is 12.1. The van der Waals surface area contributed by atoms with Crippen LogP contribution in [0, 0.1) is 5.82 Å². The summed E-state index contributed by atoms with van der Waals surface area (Å²) >= 11 is 9.10. The van der Waals surface area contributed by atoms with Gasteiger partial charge in [0.15, 0.2) is 0 Å². The smallest absolute Gasteiger partial charge is 0.257 e. The summed E-state index contributed by atoms with van der Waals surface area (Å²) in [6.45, 7) is 0. The zero-order valence-corrected chi connectivity index (χ0v) is 11.9. The van der Waals surface area contributed by atoms with Crippen LogP contribution < -0.4 is 11.1 Å². The highest BCUT2D eigenvalue weighted by Gasteiger charge is 2.12. The molecule has 2 aromatic rings. The molecule has 0 unspecified atom stereocenters. The SMILES string of the molecule is Nc1ccc(Br)cc1C(=O)Nc1ccc(F)cc1Cl. The van der Waals surface area contributed by atoms with Crippen molar-refractivity contribution >= 4 is 44.8 Å². The number of rotatable bonds is 2. The van der Waals surface area contributed by atoms with Crippen molar-refractivity contribution in [3.8, 4) is 0 Å². The zero-order valence-electron chi connectivity index (χ0n) is 9.58. The van der Waals surface area contributed by atoms with E-state index in [4.69, 9.17) is 17.3 Å². The van der Waals surface area contributed by atoms with Gasteiger partial charge in [-0.3, -0.25) is 4.79 Å². The highest BCUT2D eigenvalue weighted by atomic mass is 79.9. The second-order valence-corrected chi connectivity index (χ2v) is 5.13. The minimum Gasteiger partial charge on any atom is -0.398 e. The Morgan fingerprint density at radius 3 is 2.68 bits per heavy atom. The summed E-state index contributed by atoms with van der Waals surface area (Å²) in [5.41, 5.74) is 6.72. The average Bonchev–Trinajstić information content (AvgIpc) is 2.35. The molecule has 2 aromatic carbocycles. The van der Waals surface area contributed by atoms with Gasteiger partial charge in [0.05, 0.1) is 16.3 Å². The fourth-order valence-corrected chi connectivity index (χ4v) is 2.08. The molecule has 98 valence electrons. The van der Waals surface area contributed by atoms with Crippen LogP contribution in [0.15, 0.2) is 40.9 Å². The Morgan fingerprint density at radius 1 is 1.26 bits per heavy atom. The van der Waals surface area contributed by atoms with Crippen LogP contribution in [0.4, 0.5) is 15.8 Å². The van der Waals surface area contributed by atoms with E-state index in [0.717, 1.165) is 10.5 Å². The number of nitrogens with two attached hydrogens (primary N) is 1. The third kappa shape index (κ3) is 3.24. The van der Waals surface area contributed by atoms with E-state index >= 15 is 0 Å². The van der Waals surface area contributed by atoms with Gasteiger partial charge in [0.25, 0.3) is 5.91 Å². The average molecular weight is 344 g/mol. The summed E-state index contributed by atoms with van der Waals surface area (Å²) < 4.78 is 13.6. The Labute approximate surface area is 122 Å². The predicted octanol–water partition coefficient (Wildman–Crippen LogP) is 4.08. The Hall–Kier alpha value is -1.59. The van der Waals surface area contributed by atoms with Crippen molar-refractivity contribution in [1.82, 2.24) is 0 Å². The lowest BCUT2D eigenvalue weighted by Crippen LogP contribution is -2.14. The molecular formula is C13H9BrClFN2O. The van der Waals surface area contributed by atoms with Gasteiger partial charge in [-0.2, -0.15) is 0 Å². The van der Waals surface area contributed by atoms with Crippen LogP contribution in [0.1, 0.15) is 10.4 Å². The second kappa shape index (κ2) is 5.59. The maximum atomic E-state index is 12.9. The van der Waals surface area contributed by atoms with Crippen LogP contribution in [0.3, 0.4) is 0 Å². The van der Waals surface area contributed by atoms with Crippen molar-refractivity contribution in [2.45, 2.75) is 0 Å². The molecule has 0 saturated carbocycles. The van der Waals surface area contributed by atoms with Crippen molar-refractivity contribution in [1.29, 1.82) is 0 Å². The molecule has 0 aliphatic rings. The number of carbonyl (C=O) groups is 1. The highest BCUT2D eigenvalue weighted by molar-refractivity contribution is 9.10. The third-order valence-electron chi connectivity index (χ3n) is 2.44. The van der Waals surface area contributed by atoms with Gasteiger partial charge in [0.1, 0.15) is 5.82 Å². The molecule has 1 amide bonds. The number of amides is 1. The summed E-state index contributed by atoms with van der Waals surface area (Å²) in [5, 5.41) is 2.71. The maximum Gasteiger partial charge on any atom is 0.257 e. The lowest BCUT2D eigenvalue weighted by molar-refractivity contribution is 0.102. The normalized spacial score (nSPS) is 10.3. The van der Waals surface area contributed by atoms with Gasteiger partial charge in [-0.05, 0) is 36.4 Å². The fourth-order valence-electron chi connectivity index (χ4n) is 1.51. The number of benzene rings is 2. The van der Waals surface area contributed by atoms with E-state index in [9.17, 15) is 9.18 Å². The van der Waals surface area contributed by atoms with Gasteiger partial charge in [0.2, 0.25) is 0 Å². The Balaban J connectivity index is 2.28. The van der Waals surface area contributed by atoms with Crippen LogP contribution in [-0.2, 0) is 0 Å². The van der Waals surface area contributed by atoms with Crippen LogP contribution in [-0.4, -0.2) is 5.91 Å². The molecule has 0 heterocycles. The first-order valence-corrected chi connectivity index (χ1v) is 6.46. The lowest BCUT2D eigenvalue weighted by atomic mass is 10.1. The molecule has 2 rings (SSSR count). The molecule has 0 fully saturated rings. The summed E-state index contributed by atoms with van der Waals surface area (Å²) in [5.74, 6) is -0.878. The quantitative estimate of drug-likeness (QED) is 0.807. The van der Waals surface area contributed by atoms with Gasteiger partial charge in [0, 0.05) is 10.2 Å². The highest BCUT2D eigenvalue weighted by Crippen LogP contribution is 2.25. The molecule has 0 bridgehead atoms. The van der Waals surface area contributed by atoms with Gasteiger partial charge >= 0.3 is 0 Å². The van der Waals surface area contributed by atoms with E-state index in [0.29, 0.717) is 16.9 Å². The maximum absolute atomic E-state index is 12.9. The first kappa shape index (κ1) is 13.8. The van der Waals surface area contributed by atoms with Gasteiger partial charge < -0.3 is 11.1 Å². The zero-order chi connectivity index (χ0) is 14.0. The molecule has 0 saturated heterocycles. The molecule has 0 aliphatic heterocycles. The molecule has 0 radical (unpaired) electrons. The topological polar surface area (TPSA) is 55.1 Å². The molecule has 0 aromatic heterocycles. The number of carbonyl (C=O) groups excluding carboxylic acids is 1. The van der Waals surface area contributed by atoms with E-state index in [-0.39, 0.29) is 5.02 Å². The van der Waals surface area contributed by atoms with Gasteiger partial charge in [-0.15, -0.1) is 0 Å². The molecular weight excluding hydrogens is 335 g/mol. The molecule has 0 spiro atoms. The van der Waals surface area contributed by atoms with Crippen molar-refractivity contribution in [2.75, 3.05) is 11.1 Å². The monoisotopic (exact) mass is 342 g/mol. The van der Waals surface area contributed by atoms with Crippen molar-refractivity contribution in [2.24, 2.45) is 0 Å². The van der Waals surface area contributed by atoms with Crippen molar-refractivity contribution in [3.05, 3.63) is 57.3 Å². The molecule has 0 atom stereocenters. The summed E-state index contributed by atoms with van der Waals surface area (Å²) in [6.07, 6.45) is 0. The molecule has 3 nitrogen and oxygen atoms in total. The van der Waals surface area contributed by atoms with E-state index in [1.807, 2.05) is 0 Å². The molecule has 3 N–H and O–H groups in total. The fraction of sp³-hybridized carbons (Fsp3) is 0. The Kier molecular flexibility index (Phi) is 4.07. The first-order valence-electron chi connectivity index (χ1n) is 5.29. The second-order valence-electron chi connectivity index (χ2n) is 3.81. The number of halogens is 3. The Morgan fingerprint density at radius 2 is 2.00 bits per heavy atom. The molecule has 6 heteroatoms. The third-order valence-corrected chi connectivity index (χ3v) is 3.25. The minimum atomic E-state index is -0.468. The van der Waals surface area contributed by atoms with Gasteiger partial charge in [-0.25, -0.2) is 4.39 Å². The largest absolute Gasteiger partial charge is 0.398 e. The van der Waals surface area contributed by atoms with Crippen LogP contribution in [0.5, 0.6) is 0 Å². The van der Waals surface area contributed by atoms with Crippen LogP contribution >= 0.6 is 27.5 Å². The van der Waals surface area contributed by atoms with E-state index < -0.39 is 11.7 Å². The van der Waals surface area contributed by atoms with Gasteiger partial charge in [-0.1, -0.05) is 27.5 Å². The lowest BCUT2D eigenvalue weighted by Gasteiger charge is -2.09. The van der Waals surface area contributed by atoms with Crippen molar-refractivity contribution < 1.29 is 9.18 Å². The van der Waals surface area contributed by atoms with Crippen LogP contribution in [0.25, 0.3) is 0 Å². The van der Waals surface area contributed by atoms with E-state index in [1.54, 1.807) is 18.2 Å². The van der Waals surface area contributed by atoms with Crippen molar-refractivity contribution in [3.63, 3.8) is 0 Å². The number of nitrogens with one attached hydrogen (secondary N) is 1. The van der Waals surface area contributed by atoms with E-state index in [1.165, 1.54) is 12.1 Å². The minimum absolute atomic E-state index is 0.127. The Bertz CT molecular complexity index is 649. The molecule has 0 aliphatic carbocycles. The number of nitrogen functional groups attached to an aromatic ring is 1. The number of hydrogen-bond donors (Lipinski definition) is 2. The van der Waals surface area contributed by atoms with Crippen LogP contribution in [0.2, 0.25) is 5.02 Å². The summed E-state index contributed by atoms with van der Waals surface area (Å²) in [6, 6.07) is 8.68. The standard InChI is InChI=1S/C13H9BrClFN2O/c14-7-1-3-11(17)9(5-7)13(19)18-12-4-2-8(16)6-10(12)15/h1-6H,17H2,(H,18,19). The predicted molar refractivity (Wildman–Crippen MR) is 77.9 cm³/mol. The van der Waals surface area contributed by atoms with E-state index in [2.05, 4.69) is 21.2 Å². The molecule has 19 heavy (non-hydrogen) atoms. The first-order chi connectivity index (χ1) is 8.97. The number of anilines is 2.